The van der Waals surface area contributed by atoms with E-state index in [2.05, 4.69) is 6.58 Å². The normalized spacial score (nSPS) is 12.7. The maximum atomic E-state index is 12.6. The van der Waals surface area contributed by atoms with Gasteiger partial charge >= 0.3 is 0 Å². The molecular formula is C29H25N3O3. The summed E-state index contributed by atoms with van der Waals surface area (Å²) in [7, 11) is 1.64. The maximum absolute atomic E-state index is 12.6. The van der Waals surface area contributed by atoms with Crippen LogP contribution in [-0.4, -0.2) is 39.9 Å². The minimum absolute atomic E-state index is 0.225. The minimum Gasteiger partial charge on any atom is -0.497 e. The number of hydrogen-bond acceptors (Lipinski definition) is 4. The fraction of sp³-hybridized carbons (Fsp3) is 0.138. The van der Waals surface area contributed by atoms with Gasteiger partial charge in [0.1, 0.15) is 11.6 Å². The van der Waals surface area contributed by atoms with Crippen LogP contribution < -0.4 is 4.74 Å². The smallest absolute Gasteiger partial charge is 0.261 e. The number of methoxy groups -OCH3 is 1. The van der Waals surface area contributed by atoms with Gasteiger partial charge in [0.2, 0.25) is 0 Å². The van der Waals surface area contributed by atoms with Crippen LogP contribution in [0.1, 0.15) is 38.9 Å². The van der Waals surface area contributed by atoms with E-state index in [1.54, 1.807) is 31.4 Å². The molecule has 0 fully saturated rings. The van der Waals surface area contributed by atoms with Gasteiger partial charge < -0.3 is 4.74 Å². The van der Waals surface area contributed by atoms with Crippen molar-refractivity contribution >= 4 is 17.4 Å². The molecule has 3 aromatic carbocycles. The van der Waals surface area contributed by atoms with E-state index in [1.807, 2.05) is 66.2 Å². The summed E-state index contributed by atoms with van der Waals surface area (Å²) in [5.74, 6) is 1.15. The van der Waals surface area contributed by atoms with Gasteiger partial charge in [0, 0.05) is 24.0 Å². The predicted molar refractivity (Wildman–Crippen MR) is 136 cm³/mol. The van der Waals surface area contributed by atoms with Crippen molar-refractivity contribution in [2.75, 3.05) is 13.7 Å². The molecule has 6 nitrogen and oxygen atoms in total. The molecular weight excluding hydrogens is 438 g/mol. The number of benzene rings is 3. The molecule has 0 spiro atoms. The van der Waals surface area contributed by atoms with E-state index in [0.29, 0.717) is 24.1 Å². The Kier molecular flexibility index (Phi) is 5.79. The lowest BCUT2D eigenvalue weighted by molar-refractivity contribution is 0.0656. The van der Waals surface area contributed by atoms with Crippen LogP contribution >= 0.6 is 0 Å². The average molecular weight is 464 g/mol. The molecule has 1 aromatic heterocycles. The molecule has 0 N–H and O–H groups in total. The number of rotatable bonds is 7. The van der Waals surface area contributed by atoms with Crippen molar-refractivity contribution in [1.29, 1.82) is 0 Å². The highest BCUT2D eigenvalue weighted by molar-refractivity contribution is 6.21. The van der Waals surface area contributed by atoms with Crippen molar-refractivity contribution in [3.8, 4) is 22.8 Å². The van der Waals surface area contributed by atoms with Gasteiger partial charge in [0.25, 0.3) is 11.8 Å². The van der Waals surface area contributed by atoms with Crippen molar-refractivity contribution < 1.29 is 14.3 Å². The predicted octanol–water partition coefficient (Wildman–Crippen LogP) is 5.42. The topological polar surface area (TPSA) is 64.4 Å². The summed E-state index contributed by atoms with van der Waals surface area (Å²) in [5, 5.41) is 0. The summed E-state index contributed by atoms with van der Waals surface area (Å²) in [4.78, 5) is 31.4. The first-order valence-electron chi connectivity index (χ1n) is 11.4. The van der Waals surface area contributed by atoms with E-state index in [0.717, 1.165) is 39.7 Å². The highest BCUT2D eigenvalue weighted by atomic mass is 16.5. The summed E-state index contributed by atoms with van der Waals surface area (Å²) in [6.45, 7) is 6.32. The largest absolute Gasteiger partial charge is 0.497 e. The molecule has 0 radical (unpaired) electrons. The Hall–Kier alpha value is -4.45. The molecule has 0 aliphatic carbocycles. The molecule has 1 aliphatic heterocycles. The number of hydrogen-bond donors (Lipinski definition) is 0. The minimum atomic E-state index is -0.225. The second kappa shape index (κ2) is 9.06. The number of aromatic nitrogens is 2. The number of nitrogens with zero attached hydrogens (tertiary/aromatic N) is 3. The number of carbonyl (C=O) groups is 2. The van der Waals surface area contributed by atoms with Gasteiger partial charge in [-0.25, -0.2) is 4.98 Å². The molecule has 1 aliphatic rings. The fourth-order valence-corrected chi connectivity index (χ4v) is 4.23. The van der Waals surface area contributed by atoms with Gasteiger partial charge in [-0.15, -0.1) is 0 Å². The maximum Gasteiger partial charge on any atom is 0.261 e. The van der Waals surface area contributed by atoms with Crippen LogP contribution in [-0.2, 0) is 6.42 Å². The molecule has 5 rings (SSSR count). The van der Waals surface area contributed by atoms with Crippen LogP contribution in [0.25, 0.3) is 22.6 Å². The Morgan fingerprint density at radius 1 is 0.914 bits per heavy atom. The molecule has 0 atom stereocenters. The second-order valence-electron chi connectivity index (χ2n) is 8.55. The van der Waals surface area contributed by atoms with E-state index in [1.165, 1.54) is 4.90 Å². The fourth-order valence-electron chi connectivity index (χ4n) is 4.23. The van der Waals surface area contributed by atoms with Gasteiger partial charge in [-0.2, -0.15) is 0 Å². The highest BCUT2D eigenvalue weighted by Crippen LogP contribution is 2.28. The number of imidazole rings is 1. The van der Waals surface area contributed by atoms with Crippen molar-refractivity contribution in [1.82, 2.24) is 14.5 Å². The molecule has 4 aromatic rings. The Balaban J connectivity index is 1.37. The molecule has 2 amide bonds. The lowest BCUT2D eigenvalue weighted by Crippen LogP contribution is -2.31. The summed E-state index contributed by atoms with van der Waals surface area (Å²) in [5.41, 5.74) is 5.63. The monoisotopic (exact) mass is 463 g/mol. The van der Waals surface area contributed by atoms with E-state index >= 15 is 0 Å². The third-order valence-electron chi connectivity index (χ3n) is 6.21. The first-order chi connectivity index (χ1) is 17.0. The van der Waals surface area contributed by atoms with E-state index in [-0.39, 0.29) is 11.8 Å². The molecule has 0 saturated carbocycles. The lowest BCUT2D eigenvalue weighted by atomic mass is 10.1. The Morgan fingerprint density at radius 2 is 1.54 bits per heavy atom. The number of imide groups is 1. The van der Waals surface area contributed by atoms with Gasteiger partial charge in [0.05, 0.1) is 23.9 Å². The van der Waals surface area contributed by atoms with Crippen LogP contribution in [0.3, 0.4) is 0 Å². The van der Waals surface area contributed by atoms with Crippen molar-refractivity contribution in [3.05, 3.63) is 108 Å². The average Bonchev–Trinajstić information content (AvgIpc) is 3.44. The first kappa shape index (κ1) is 22.3. The van der Waals surface area contributed by atoms with Crippen molar-refractivity contribution in [2.45, 2.75) is 13.3 Å². The first-order valence-corrected chi connectivity index (χ1v) is 11.4. The van der Waals surface area contributed by atoms with Crippen molar-refractivity contribution in [2.24, 2.45) is 0 Å². The van der Waals surface area contributed by atoms with Gasteiger partial charge in [0.15, 0.2) is 0 Å². The molecule has 0 saturated heterocycles. The molecule has 0 bridgehead atoms. The number of amides is 2. The molecule has 6 heteroatoms. The van der Waals surface area contributed by atoms with Crippen LogP contribution in [0.5, 0.6) is 5.75 Å². The molecule has 2 heterocycles. The third-order valence-corrected chi connectivity index (χ3v) is 6.21. The Morgan fingerprint density at radius 3 is 2.11 bits per heavy atom. The van der Waals surface area contributed by atoms with Gasteiger partial charge in [-0.1, -0.05) is 30.8 Å². The van der Waals surface area contributed by atoms with Gasteiger partial charge in [-0.05, 0) is 73.0 Å². The van der Waals surface area contributed by atoms with Crippen LogP contribution in [0.2, 0.25) is 0 Å². The molecule has 174 valence electrons. The van der Waals surface area contributed by atoms with Crippen LogP contribution in [0.4, 0.5) is 0 Å². The summed E-state index contributed by atoms with van der Waals surface area (Å²) < 4.78 is 7.32. The van der Waals surface area contributed by atoms with Crippen LogP contribution in [0, 0.1) is 0 Å². The van der Waals surface area contributed by atoms with Crippen LogP contribution in [0.15, 0.2) is 85.6 Å². The third kappa shape index (κ3) is 4.15. The standard InChI is InChI=1S/C29H25N3O3/c1-19(2)26-18-32(27(30-26)21-10-14-23(35-3)15-11-21)22-12-8-20(9-13-22)16-17-31-28(33)24-6-4-5-7-25(24)29(31)34/h4-15,18H,1,16-17H2,2-3H3. The molecule has 35 heavy (non-hydrogen) atoms. The number of ether oxygens (including phenoxy) is 1. The van der Waals surface area contributed by atoms with E-state index < -0.39 is 0 Å². The highest BCUT2D eigenvalue weighted by Gasteiger charge is 2.34. The lowest BCUT2D eigenvalue weighted by Gasteiger charge is -2.14. The zero-order chi connectivity index (χ0) is 24.5. The Labute approximate surface area is 204 Å². The summed E-state index contributed by atoms with van der Waals surface area (Å²) in [6.07, 6.45) is 2.56. The quantitative estimate of drug-likeness (QED) is 0.343. The van der Waals surface area contributed by atoms with E-state index in [9.17, 15) is 9.59 Å². The molecule has 0 unspecified atom stereocenters. The Bertz CT molecular complexity index is 1400. The number of allylic oxidation sites excluding steroid dienone is 1. The second-order valence-corrected chi connectivity index (χ2v) is 8.55. The zero-order valence-corrected chi connectivity index (χ0v) is 19.7. The van der Waals surface area contributed by atoms with Crippen molar-refractivity contribution in [3.63, 3.8) is 0 Å². The van der Waals surface area contributed by atoms with Gasteiger partial charge in [-0.3, -0.25) is 19.1 Å². The zero-order valence-electron chi connectivity index (χ0n) is 19.7. The number of carbonyl (C=O) groups excluding carboxylic acids is 2. The number of fused-ring (bicyclic) bond motifs is 1. The summed E-state index contributed by atoms with van der Waals surface area (Å²) >= 11 is 0. The SMILES string of the molecule is C=C(C)c1cn(-c2ccc(CCN3C(=O)c4ccccc4C3=O)cc2)c(-c2ccc(OC)cc2)n1. The van der Waals surface area contributed by atoms with E-state index in [4.69, 9.17) is 9.72 Å². The summed E-state index contributed by atoms with van der Waals surface area (Å²) in [6, 6.07) is 22.8.